The van der Waals surface area contributed by atoms with E-state index >= 15 is 0 Å². The molecule has 1 aromatic carbocycles. The zero-order chi connectivity index (χ0) is 10.1. The Labute approximate surface area is 77.8 Å². The van der Waals surface area contributed by atoms with Crippen LogP contribution < -0.4 is 5.73 Å². The van der Waals surface area contributed by atoms with Crippen molar-refractivity contribution >= 4 is 0 Å². The number of hydrogen-bond donors (Lipinski definition) is 3. The Morgan fingerprint density at radius 3 is 2.38 bits per heavy atom. The highest BCUT2D eigenvalue weighted by Gasteiger charge is 2.15. The van der Waals surface area contributed by atoms with Crippen molar-refractivity contribution in [2.45, 2.75) is 26.0 Å². The molecule has 0 atom stereocenters. The maximum Gasteiger partial charge on any atom is 0.121 e. The van der Waals surface area contributed by atoms with Crippen LogP contribution in [-0.4, -0.2) is 10.2 Å². The second-order valence-electron chi connectivity index (χ2n) is 3.72. The van der Waals surface area contributed by atoms with Gasteiger partial charge in [-0.3, -0.25) is 0 Å². The maximum atomic E-state index is 9.44. The predicted molar refractivity (Wildman–Crippen MR) is 51.2 cm³/mol. The van der Waals surface area contributed by atoms with Crippen LogP contribution in [0.4, 0.5) is 0 Å². The summed E-state index contributed by atoms with van der Waals surface area (Å²) in [7, 11) is 0. The van der Waals surface area contributed by atoms with Crippen molar-refractivity contribution in [2.24, 2.45) is 5.73 Å². The molecule has 0 saturated heterocycles. The van der Waals surface area contributed by atoms with Gasteiger partial charge < -0.3 is 15.9 Å². The fourth-order valence-electron chi connectivity index (χ4n) is 1.10. The molecule has 3 heteroatoms. The third kappa shape index (κ3) is 2.20. The molecule has 1 rings (SSSR count). The van der Waals surface area contributed by atoms with Gasteiger partial charge >= 0.3 is 0 Å². The lowest BCUT2D eigenvalue weighted by molar-refractivity contribution is 0.275. The molecule has 1 aromatic rings. The van der Waals surface area contributed by atoms with Gasteiger partial charge in [0.1, 0.15) is 5.75 Å². The normalized spacial score (nSPS) is 11.7. The lowest BCUT2D eigenvalue weighted by Gasteiger charge is -2.19. The molecule has 0 aliphatic rings. The van der Waals surface area contributed by atoms with Gasteiger partial charge in [-0.05, 0) is 25.5 Å². The lowest BCUT2D eigenvalue weighted by Crippen LogP contribution is -2.28. The van der Waals surface area contributed by atoms with Crippen molar-refractivity contribution in [3.8, 4) is 5.75 Å². The van der Waals surface area contributed by atoms with Crippen molar-refractivity contribution in [2.75, 3.05) is 0 Å². The van der Waals surface area contributed by atoms with Crippen LogP contribution in [-0.2, 0) is 12.1 Å². The minimum Gasteiger partial charge on any atom is -0.508 e. The first-order chi connectivity index (χ1) is 5.95. The molecule has 0 bridgehead atoms. The van der Waals surface area contributed by atoms with E-state index in [1.165, 1.54) is 0 Å². The summed E-state index contributed by atoms with van der Waals surface area (Å²) in [5, 5.41) is 18.3. The van der Waals surface area contributed by atoms with E-state index in [1.807, 2.05) is 19.9 Å². The van der Waals surface area contributed by atoms with Gasteiger partial charge in [-0.15, -0.1) is 0 Å². The van der Waals surface area contributed by atoms with Gasteiger partial charge in [-0.2, -0.15) is 0 Å². The molecule has 0 saturated carbocycles. The average Bonchev–Trinajstić information content (AvgIpc) is 2.02. The number of nitrogens with two attached hydrogens (primary N) is 1. The van der Waals surface area contributed by atoms with E-state index in [-0.39, 0.29) is 12.4 Å². The second-order valence-corrected chi connectivity index (χ2v) is 3.72. The standard InChI is InChI=1S/C10H15NO2/c1-10(2,11)8-4-3-7(6-12)9(13)5-8/h3-5,12-13H,6,11H2,1-2H3. The predicted octanol–water partition coefficient (Wildman–Crippen LogP) is 1.08. The molecule has 4 N–H and O–H groups in total. The van der Waals surface area contributed by atoms with E-state index in [4.69, 9.17) is 10.8 Å². The third-order valence-corrected chi connectivity index (χ3v) is 2.00. The van der Waals surface area contributed by atoms with E-state index in [0.29, 0.717) is 5.56 Å². The van der Waals surface area contributed by atoms with Crippen LogP contribution in [0, 0.1) is 0 Å². The number of aliphatic hydroxyl groups excluding tert-OH is 1. The Balaban J connectivity index is 3.10. The van der Waals surface area contributed by atoms with E-state index in [2.05, 4.69) is 0 Å². The van der Waals surface area contributed by atoms with Gasteiger partial charge in [-0.1, -0.05) is 12.1 Å². The molecule has 0 aliphatic carbocycles. The molecule has 13 heavy (non-hydrogen) atoms. The van der Waals surface area contributed by atoms with Gasteiger partial charge in [0, 0.05) is 11.1 Å². The molecule has 0 unspecified atom stereocenters. The topological polar surface area (TPSA) is 66.5 Å². The Morgan fingerprint density at radius 1 is 1.38 bits per heavy atom. The number of hydrogen-bond acceptors (Lipinski definition) is 3. The van der Waals surface area contributed by atoms with Crippen molar-refractivity contribution in [3.05, 3.63) is 29.3 Å². The van der Waals surface area contributed by atoms with Crippen LogP contribution in [0.15, 0.2) is 18.2 Å². The van der Waals surface area contributed by atoms with E-state index in [9.17, 15) is 5.11 Å². The smallest absolute Gasteiger partial charge is 0.121 e. The number of benzene rings is 1. The molecular formula is C10H15NO2. The highest BCUT2D eigenvalue weighted by atomic mass is 16.3. The molecule has 0 spiro atoms. The molecule has 0 aliphatic heterocycles. The fourth-order valence-corrected chi connectivity index (χ4v) is 1.10. The SMILES string of the molecule is CC(C)(N)c1ccc(CO)c(O)c1. The number of aliphatic hydroxyl groups is 1. The van der Waals surface area contributed by atoms with Gasteiger partial charge in [0.15, 0.2) is 0 Å². The first-order valence-corrected chi connectivity index (χ1v) is 4.17. The minimum atomic E-state index is -0.467. The van der Waals surface area contributed by atoms with Crippen LogP contribution in [0.5, 0.6) is 5.75 Å². The zero-order valence-electron chi connectivity index (χ0n) is 7.91. The van der Waals surface area contributed by atoms with Crippen molar-refractivity contribution in [1.82, 2.24) is 0 Å². The highest BCUT2D eigenvalue weighted by molar-refractivity contribution is 5.38. The molecule has 0 radical (unpaired) electrons. The quantitative estimate of drug-likeness (QED) is 0.639. The molecule has 0 heterocycles. The van der Waals surface area contributed by atoms with Gasteiger partial charge in [-0.25, -0.2) is 0 Å². The van der Waals surface area contributed by atoms with Crippen LogP contribution in [0.3, 0.4) is 0 Å². The summed E-state index contributed by atoms with van der Waals surface area (Å²) in [6.07, 6.45) is 0. The Hall–Kier alpha value is -1.06. The van der Waals surface area contributed by atoms with Gasteiger partial charge in [0.05, 0.1) is 6.61 Å². The first kappa shape index (κ1) is 10.0. The van der Waals surface area contributed by atoms with E-state index in [1.54, 1.807) is 12.1 Å². The second kappa shape index (κ2) is 3.36. The first-order valence-electron chi connectivity index (χ1n) is 4.17. The molecule has 0 fully saturated rings. The summed E-state index contributed by atoms with van der Waals surface area (Å²) in [4.78, 5) is 0. The van der Waals surface area contributed by atoms with Crippen molar-refractivity contribution < 1.29 is 10.2 Å². The maximum absolute atomic E-state index is 9.44. The third-order valence-electron chi connectivity index (χ3n) is 2.00. The molecule has 0 aromatic heterocycles. The summed E-state index contributed by atoms with van der Waals surface area (Å²) < 4.78 is 0. The van der Waals surface area contributed by atoms with E-state index < -0.39 is 5.54 Å². The van der Waals surface area contributed by atoms with Gasteiger partial charge in [0.25, 0.3) is 0 Å². The average molecular weight is 181 g/mol. The number of aromatic hydroxyl groups is 1. The highest BCUT2D eigenvalue weighted by Crippen LogP contribution is 2.24. The monoisotopic (exact) mass is 181 g/mol. The largest absolute Gasteiger partial charge is 0.508 e. The molecule has 3 nitrogen and oxygen atoms in total. The Kier molecular flexibility index (Phi) is 2.59. The molecule has 72 valence electrons. The summed E-state index contributed by atoms with van der Waals surface area (Å²) in [5.41, 5.74) is 6.75. The number of rotatable bonds is 2. The summed E-state index contributed by atoms with van der Waals surface area (Å²) in [5.74, 6) is 0.0959. The molecule has 0 amide bonds. The van der Waals surface area contributed by atoms with Crippen LogP contribution in [0.25, 0.3) is 0 Å². The van der Waals surface area contributed by atoms with Crippen LogP contribution >= 0.6 is 0 Å². The van der Waals surface area contributed by atoms with Gasteiger partial charge in [0.2, 0.25) is 0 Å². The molecular weight excluding hydrogens is 166 g/mol. The zero-order valence-corrected chi connectivity index (χ0v) is 7.91. The fraction of sp³-hybridized carbons (Fsp3) is 0.400. The minimum absolute atomic E-state index is 0.0959. The van der Waals surface area contributed by atoms with Crippen LogP contribution in [0.2, 0.25) is 0 Å². The van der Waals surface area contributed by atoms with Crippen molar-refractivity contribution in [1.29, 1.82) is 0 Å². The Bertz CT molecular complexity index is 302. The Morgan fingerprint density at radius 2 is 2.00 bits per heavy atom. The van der Waals surface area contributed by atoms with E-state index in [0.717, 1.165) is 5.56 Å². The summed E-state index contributed by atoms with van der Waals surface area (Å²) >= 11 is 0. The van der Waals surface area contributed by atoms with Crippen LogP contribution in [0.1, 0.15) is 25.0 Å². The summed E-state index contributed by atoms with van der Waals surface area (Å²) in [6, 6.07) is 5.08. The summed E-state index contributed by atoms with van der Waals surface area (Å²) in [6.45, 7) is 3.57. The van der Waals surface area contributed by atoms with Crippen molar-refractivity contribution in [3.63, 3.8) is 0 Å². The lowest BCUT2D eigenvalue weighted by atomic mass is 9.94. The number of phenols is 1.